The lowest BCUT2D eigenvalue weighted by Gasteiger charge is -2.22. The maximum Gasteiger partial charge on any atom is 0.423 e. The molecule has 110 valence electrons. The average Bonchev–Trinajstić information content (AvgIpc) is 2.62. The highest BCUT2D eigenvalue weighted by atomic mass is 19.4. The van der Waals surface area contributed by atoms with Crippen molar-refractivity contribution in [2.24, 2.45) is 0 Å². The molecule has 0 aromatic carbocycles. The van der Waals surface area contributed by atoms with Gasteiger partial charge in [0.15, 0.2) is 0 Å². The van der Waals surface area contributed by atoms with E-state index >= 15 is 0 Å². The van der Waals surface area contributed by atoms with Crippen LogP contribution in [0.4, 0.5) is 26.3 Å². The van der Waals surface area contributed by atoms with Crippen molar-refractivity contribution in [3.63, 3.8) is 0 Å². The molecule has 0 unspecified atom stereocenters. The lowest BCUT2D eigenvalue weighted by Crippen LogP contribution is -2.44. The first-order valence-corrected chi connectivity index (χ1v) is 5.10. The van der Waals surface area contributed by atoms with E-state index in [9.17, 15) is 26.3 Å². The summed E-state index contributed by atoms with van der Waals surface area (Å²) in [6.07, 6.45) is -13.6. The van der Waals surface area contributed by atoms with Crippen LogP contribution < -0.4 is 5.32 Å². The Balaban J connectivity index is 2.66. The summed E-state index contributed by atoms with van der Waals surface area (Å²) in [7, 11) is 1.63. The highest BCUT2D eigenvalue weighted by Crippen LogP contribution is 2.36. The van der Waals surface area contributed by atoms with Gasteiger partial charge in [-0.3, -0.25) is 0 Å². The van der Waals surface area contributed by atoms with Crippen LogP contribution in [0.1, 0.15) is 11.3 Å². The minimum atomic E-state index is -5.52. The molecule has 0 spiro atoms. The number of hydrogen-bond acceptors (Lipinski definition) is 3. The van der Waals surface area contributed by atoms with E-state index in [0.29, 0.717) is 12.1 Å². The predicted molar refractivity (Wildman–Crippen MR) is 52.2 cm³/mol. The van der Waals surface area contributed by atoms with E-state index in [1.165, 1.54) is 12.3 Å². The number of ether oxygens (including phenoxy) is 1. The summed E-state index contributed by atoms with van der Waals surface area (Å²) in [5, 5.41) is 2.75. The van der Waals surface area contributed by atoms with E-state index in [-0.39, 0.29) is 5.76 Å². The Morgan fingerprint density at radius 3 is 2.26 bits per heavy atom. The third-order valence-corrected chi connectivity index (χ3v) is 2.08. The van der Waals surface area contributed by atoms with Gasteiger partial charge in [0.1, 0.15) is 12.4 Å². The maximum atomic E-state index is 12.2. The number of rotatable bonds is 5. The van der Waals surface area contributed by atoms with Gasteiger partial charge in [0, 0.05) is 12.1 Å². The number of alkyl halides is 6. The summed E-state index contributed by atoms with van der Waals surface area (Å²) < 4.78 is 81.6. The van der Waals surface area contributed by atoms with Gasteiger partial charge in [0.25, 0.3) is 0 Å². The van der Waals surface area contributed by atoms with Crippen LogP contribution in [0.15, 0.2) is 16.7 Å². The van der Waals surface area contributed by atoms with Crippen molar-refractivity contribution < 1.29 is 35.5 Å². The second kappa shape index (κ2) is 5.83. The second-order valence-electron chi connectivity index (χ2n) is 3.73. The molecule has 0 amide bonds. The smallest absolute Gasteiger partial charge is 0.423 e. The molecule has 0 aliphatic carbocycles. The van der Waals surface area contributed by atoms with E-state index in [1.54, 1.807) is 7.05 Å². The zero-order valence-corrected chi connectivity index (χ0v) is 9.73. The fourth-order valence-electron chi connectivity index (χ4n) is 1.34. The van der Waals surface area contributed by atoms with Gasteiger partial charge in [-0.1, -0.05) is 0 Å². The summed E-state index contributed by atoms with van der Waals surface area (Å²) in [6.45, 7) is -0.529. The number of nitrogens with one attached hydrogen (secondary N) is 1. The molecule has 1 N–H and O–H groups in total. The zero-order chi connectivity index (χ0) is 14.7. The molecular formula is C10H11F6NO2. The highest BCUT2D eigenvalue weighted by molar-refractivity contribution is 5.11. The van der Waals surface area contributed by atoms with Crippen molar-refractivity contribution in [1.82, 2.24) is 5.32 Å². The molecule has 1 aromatic heterocycles. The molecule has 0 atom stereocenters. The normalized spacial score (nSPS) is 13.3. The highest BCUT2D eigenvalue weighted by Gasteiger charge is 2.58. The number of furan rings is 1. The molecule has 0 radical (unpaired) electrons. The van der Waals surface area contributed by atoms with Crippen molar-refractivity contribution >= 4 is 0 Å². The van der Waals surface area contributed by atoms with Gasteiger partial charge in [0.2, 0.25) is 6.10 Å². The standard InChI is InChI=1S/C10H11F6NO2/c1-17-3-6-2-7(18-4-6)5-19-8(9(11,12)13)10(14,15)16/h2,4,8,17H,3,5H2,1H3. The van der Waals surface area contributed by atoms with E-state index in [4.69, 9.17) is 4.42 Å². The monoisotopic (exact) mass is 291 g/mol. The Morgan fingerprint density at radius 1 is 1.21 bits per heavy atom. The SMILES string of the molecule is CNCc1coc(COC(C(F)(F)F)C(F)(F)F)c1. The Kier molecular flexibility index (Phi) is 4.86. The van der Waals surface area contributed by atoms with Gasteiger partial charge < -0.3 is 14.5 Å². The fraction of sp³-hybridized carbons (Fsp3) is 0.600. The Bertz CT molecular complexity index is 383. The number of halogens is 6. The molecule has 0 aliphatic heterocycles. The zero-order valence-electron chi connectivity index (χ0n) is 9.73. The molecule has 0 saturated heterocycles. The third kappa shape index (κ3) is 4.75. The van der Waals surface area contributed by atoms with Crippen molar-refractivity contribution in [3.8, 4) is 0 Å². The van der Waals surface area contributed by atoms with Crippen LogP contribution in [0.5, 0.6) is 0 Å². The van der Waals surface area contributed by atoms with Gasteiger partial charge in [-0.05, 0) is 13.1 Å². The number of hydrogen-bond donors (Lipinski definition) is 1. The van der Waals surface area contributed by atoms with E-state index in [0.717, 1.165) is 0 Å². The summed E-state index contributed by atoms with van der Waals surface area (Å²) in [5.74, 6) is -0.108. The molecule has 19 heavy (non-hydrogen) atoms. The van der Waals surface area contributed by atoms with E-state index in [2.05, 4.69) is 10.1 Å². The van der Waals surface area contributed by atoms with E-state index < -0.39 is 25.1 Å². The fourth-order valence-corrected chi connectivity index (χ4v) is 1.34. The summed E-state index contributed by atoms with van der Waals surface area (Å²) >= 11 is 0. The summed E-state index contributed by atoms with van der Waals surface area (Å²) in [6, 6.07) is 1.32. The lowest BCUT2D eigenvalue weighted by molar-refractivity contribution is -0.325. The van der Waals surface area contributed by atoms with Crippen LogP contribution in [0.3, 0.4) is 0 Å². The molecule has 0 saturated carbocycles. The van der Waals surface area contributed by atoms with Gasteiger partial charge >= 0.3 is 12.4 Å². The van der Waals surface area contributed by atoms with Gasteiger partial charge in [-0.15, -0.1) is 0 Å². The molecule has 0 aliphatic rings. The molecule has 1 heterocycles. The molecule has 0 fully saturated rings. The van der Waals surface area contributed by atoms with E-state index in [1.807, 2.05) is 0 Å². The van der Waals surface area contributed by atoms with Gasteiger partial charge in [-0.25, -0.2) is 0 Å². The minimum absolute atomic E-state index is 0.108. The molecule has 9 heteroatoms. The topological polar surface area (TPSA) is 34.4 Å². The first kappa shape index (κ1) is 15.8. The largest absolute Gasteiger partial charge is 0.467 e. The molecule has 0 bridgehead atoms. The first-order valence-electron chi connectivity index (χ1n) is 5.10. The maximum absolute atomic E-state index is 12.2. The van der Waals surface area contributed by atoms with Gasteiger partial charge in [-0.2, -0.15) is 26.3 Å². The van der Waals surface area contributed by atoms with Crippen molar-refractivity contribution in [2.75, 3.05) is 7.05 Å². The van der Waals surface area contributed by atoms with Gasteiger partial charge in [0.05, 0.1) is 6.26 Å². The average molecular weight is 291 g/mol. The molecule has 3 nitrogen and oxygen atoms in total. The van der Waals surface area contributed by atoms with Crippen molar-refractivity contribution in [2.45, 2.75) is 31.6 Å². The minimum Gasteiger partial charge on any atom is -0.467 e. The Morgan fingerprint density at radius 2 is 1.79 bits per heavy atom. The summed E-state index contributed by atoms with van der Waals surface area (Å²) in [5.41, 5.74) is 0.594. The van der Waals surface area contributed by atoms with Crippen LogP contribution in [0.25, 0.3) is 0 Å². The molecule has 1 rings (SSSR count). The van der Waals surface area contributed by atoms with Crippen LogP contribution in [0.2, 0.25) is 0 Å². The molecule has 1 aromatic rings. The predicted octanol–water partition coefficient (Wildman–Crippen LogP) is 3.01. The van der Waals surface area contributed by atoms with Crippen molar-refractivity contribution in [3.05, 3.63) is 23.7 Å². The third-order valence-electron chi connectivity index (χ3n) is 2.08. The van der Waals surface area contributed by atoms with Crippen LogP contribution in [-0.4, -0.2) is 25.5 Å². The van der Waals surface area contributed by atoms with Crippen LogP contribution >= 0.6 is 0 Å². The Labute approximate surface area is 104 Å². The quantitative estimate of drug-likeness (QED) is 0.847. The van der Waals surface area contributed by atoms with Crippen LogP contribution in [-0.2, 0) is 17.9 Å². The lowest BCUT2D eigenvalue weighted by atomic mass is 10.3. The summed E-state index contributed by atoms with van der Waals surface area (Å²) in [4.78, 5) is 0. The Hall–Kier alpha value is -1.22. The second-order valence-corrected chi connectivity index (χ2v) is 3.73. The van der Waals surface area contributed by atoms with Crippen molar-refractivity contribution in [1.29, 1.82) is 0 Å². The molecular weight excluding hydrogens is 280 g/mol. The first-order chi connectivity index (χ1) is 8.64. The van der Waals surface area contributed by atoms with Crippen LogP contribution in [0, 0.1) is 0 Å².